The first-order valence-electron chi connectivity index (χ1n) is 16.3. The third-order valence-corrected chi connectivity index (χ3v) is 9.61. The molecule has 0 aliphatic heterocycles. The minimum Gasteiger partial charge on any atom is -0.494 e. The van der Waals surface area contributed by atoms with Crippen molar-refractivity contribution in [2.24, 2.45) is 7.05 Å². The van der Waals surface area contributed by atoms with Crippen LogP contribution in [0.3, 0.4) is 0 Å². The van der Waals surface area contributed by atoms with Crippen LogP contribution in [0.2, 0.25) is 5.02 Å². The molecular weight excluding hydrogens is 638 g/mol. The fourth-order valence-electron chi connectivity index (χ4n) is 6.56. The molecule has 0 aliphatic rings. The van der Waals surface area contributed by atoms with Gasteiger partial charge in [-0.25, -0.2) is 4.79 Å². The maximum Gasteiger partial charge on any atom is 0.352 e. The maximum atomic E-state index is 13.9. The molecule has 3 aromatic carbocycles. The van der Waals surface area contributed by atoms with Gasteiger partial charge in [-0.2, -0.15) is 5.10 Å². The standard InChI is InChI=1S/C39H40ClN5O4/c1-23-17-29(18-24(2)35(23)40)49-16-10-15-31-30-13-9-14-32(34-25(3)43-44(5)26(34)4)36(30)42-37(31)38(46)41-20-28-19-33(39(47)48)45(22-28)21-27-11-7-6-8-12-27/h6-9,11-14,17-19,22,42H,10,15-16,20-21H2,1-5H3,(H,41,46)(H,47,48). The Morgan fingerprint density at radius 3 is 2.39 bits per heavy atom. The number of benzene rings is 3. The van der Waals surface area contributed by atoms with Gasteiger partial charge in [0.2, 0.25) is 0 Å². The van der Waals surface area contributed by atoms with Crippen LogP contribution < -0.4 is 10.1 Å². The molecule has 0 unspecified atom stereocenters. The summed E-state index contributed by atoms with van der Waals surface area (Å²) in [4.78, 5) is 29.5. The number of aryl methyl sites for hydroxylation is 5. The van der Waals surface area contributed by atoms with Crippen molar-refractivity contribution in [3.8, 4) is 16.9 Å². The summed E-state index contributed by atoms with van der Waals surface area (Å²) in [7, 11) is 1.93. The summed E-state index contributed by atoms with van der Waals surface area (Å²) in [6.45, 7) is 9.00. The lowest BCUT2D eigenvalue weighted by Crippen LogP contribution is -2.24. The van der Waals surface area contributed by atoms with Crippen LogP contribution in [0, 0.1) is 27.7 Å². The summed E-state index contributed by atoms with van der Waals surface area (Å²) in [6.07, 6.45) is 3.05. The van der Waals surface area contributed by atoms with E-state index in [1.807, 2.05) is 94.0 Å². The maximum absolute atomic E-state index is 13.9. The van der Waals surface area contributed by atoms with Crippen molar-refractivity contribution in [2.45, 2.75) is 53.6 Å². The summed E-state index contributed by atoms with van der Waals surface area (Å²) in [5.41, 5.74) is 9.97. The molecule has 0 bridgehead atoms. The average molecular weight is 678 g/mol. The fourth-order valence-corrected chi connectivity index (χ4v) is 6.66. The van der Waals surface area contributed by atoms with E-state index in [9.17, 15) is 14.7 Å². The molecule has 3 aromatic heterocycles. The van der Waals surface area contributed by atoms with Crippen molar-refractivity contribution < 1.29 is 19.4 Å². The summed E-state index contributed by atoms with van der Waals surface area (Å²) in [5, 5.41) is 19.2. The Morgan fingerprint density at radius 1 is 0.980 bits per heavy atom. The molecular formula is C39H40ClN5O4. The minimum atomic E-state index is -1.02. The van der Waals surface area contributed by atoms with Gasteiger partial charge >= 0.3 is 5.97 Å². The van der Waals surface area contributed by atoms with E-state index in [0.717, 1.165) is 66.4 Å². The predicted octanol–water partition coefficient (Wildman–Crippen LogP) is 7.95. The van der Waals surface area contributed by atoms with Crippen LogP contribution in [0.25, 0.3) is 22.0 Å². The van der Waals surface area contributed by atoms with E-state index < -0.39 is 5.97 Å². The van der Waals surface area contributed by atoms with Crippen molar-refractivity contribution in [1.29, 1.82) is 0 Å². The first-order valence-corrected chi connectivity index (χ1v) is 16.7. The molecule has 10 heteroatoms. The Labute approximate surface area is 290 Å². The van der Waals surface area contributed by atoms with Gasteiger partial charge in [-0.3, -0.25) is 9.48 Å². The van der Waals surface area contributed by atoms with Crippen molar-refractivity contribution in [3.05, 3.63) is 129 Å². The topological polar surface area (TPSA) is 114 Å². The van der Waals surface area contributed by atoms with Crippen LogP contribution in [-0.2, 0) is 26.6 Å². The van der Waals surface area contributed by atoms with Crippen LogP contribution in [-0.4, -0.2) is 42.9 Å². The molecule has 0 atom stereocenters. The molecule has 0 aliphatic carbocycles. The molecule has 0 saturated heterocycles. The molecule has 252 valence electrons. The number of nitrogens with zero attached hydrogens (tertiary/aromatic N) is 3. The van der Waals surface area contributed by atoms with Crippen molar-refractivity contribution in [1.82, 2.24) is 24.6 Å². The number of H-pyrrole nitrogens is 1. The lowest BCUT2D eigenvalue weighted by atomic mass is 9.98. The quantitative estimate of drug-likeness (QED) is 0.114. The normalized spacial score (nSPS) is 11.3. The molecule has 1 amide bonds. The number of aromatic nitrogens is 4. The molecule has 3 N–H and O–H groups in total. The molecule has 0 spiro atoms. The number of fused-ring (bicyclic) bond motifs is 1. The summed E-state index contributed by atoms with van der Waals surface area (Å²) >= 11 is 6.35. The highest BCUT2D eigenvalue weighted by Crippen LogP contribution is 2.36. The molecule has 0 saturated carbocycles. The van der Waals surface area contributed by atoms with Crippen molar-refractivity contribution >= 4 is 34.4 Å². The zero-order valence-corrected chi connectivity index (χ0v) is 29.1. The Morgan fingerprint density at radius 2 is 1.71 bits per heavy atom. The van der Waals surface area contributed by atoms with Gasteiger partial charge in [0.05, 0.1) is 17.8 Å². The van der Waals surface area contributed by atoms with Gasteiger partial charge in [-0.1, -0.05) is 60.1 Å². The molecule has 9 nitrogen and oxygen atoms in total. The fraction of sp³-hybridized carbons (Fsp3) is 0.256. The van der Waals surface area contributed by atoms with E-state index in [-0.39, 0.29) is 18.1 Å². The first-order chi connectivity index (χ1) is 23.5. The SMILES string of the molecule is Cc1cc(OCCCc2c(C(=O)NCc3cc(C(=O)O)n(Cc4ccccc4)c3)[nH]c3c(-c4c(C)nn(C)c4C)cccc23)cc(C)c1Cl. The largest absolute Gasteiger partial charge is 0.494 e. The number of aromatic amines is 1. The summed E-state index contributed by atoms with van der Waals surface area (Å²) in [6, 6.07) is 21.3. The van der Waals surface area contributed by atoms with Crippen molar-refractivity contribution in [3.63, 3.8) is 0 Å². The molecule has 6 rings (SSSR count). The zero-order valence-electron chi connectivity index (χ0n) is 28.4. The third-order valence-electron chi connectivity index (χ3n) is 9.02. The molecule has 3 heterocycles. The number of carboxylic acid groups (broad SMARTS) is 1. The molecule has 6 aromatic rings. The number of carbonyl (C=O) groups is 2. The monoisotopic (exact) mass is 677 g/mol. The number of ether oxygens (including phenoxy) is 1. The Balaban J connectivity index is 1.28. The van der Waals surface area contributed by atoms with Gasteiger partial charge in [0.15, 0.2) is 0 Å². The second kappa shape index (κ2) is 14.1. The highest BCUT2D eigenvalue weighted by atomic mass is 35.5. The number of hydrogen-bond donors (Lipinski definition) is 3. The van der Waals surface area contributed by atoms with E-state index in [0.29, 0.717) is 37.3 Å². The molecule has 49 heavy (non-hydrogen) atoms. The Kier molecular flexibility index (Phi) is 9.65. The van der Waals surface area contributed by atoms with Crippen LogP contribution >= 0.6 is 11.6 Å². The number of aromatic carboxylic acids is 1. The number of amides is 1. The Hall–Kier alpha value is -5.28. The highest BCUT2D eigenvalue weighted by Gasteiger charge is 2.23. The van der Waals surface area contributed by atoms with Crippen LogP contribution in [0.15, 0.2) is 72.9 Å². The smallest absolute Gasteiger partial charge is 0.352 e. The summed E-state index contributed by atoms with van der Waals surface area (Å²) < 4.78 is 9.68. The van der Waals surface area contributed by atoms with Gasteiger partial charge in [-0.05, 0) is 86.6 Å². The molecule has 0 fully saturated rings. The second-order valence-electron chi connectivity index (χ2n) is 12.5. The number of para-hydroxylation sites is 1. The van der Waals surface area contributed by atoms with E-state index >= 15 is 0 Å². The van der Waals surface area contributed by atoms with Crippen molar-refractivity contribution in [2.75, 3.05) is 6.61 Å². The first kappa shape index (κ1) is 33.6. The lowest BCUT2D eigenvalue weighted by molar-refractivity contribution is 0.0685. The van der Waals surface area contributed by atoms with E-state index in [4.69, 9.17) is 16.3 Å². The third kappa shape index (κ3) is 6.98. The van der Waals surface area contributed by atoms with Gasteiger partial charge in [0, 0.05) is 53.6 Å². The van der Waals surface area contributed by atoms with Gasteiger partial charge in [-0.15, -0.1) is 0 Å². The number of carboxylic acids is 1. The number of hydrogen-bond acceptors (Lipinski definition) is 4. The number of rotatable bonds is 12. The Bertz CT molecular complexity index is 2150. The molecule has 0 radical (unpaired) electrons. The van der Waals surface area contributed by atoms with Gasteiger partial charge in [0.1, 0.15) is 17.1 Å². The zero-order chi connectivity index (χ0) is 34.8. The number of halogens is 1. The highest BCUT2D eigenvalue weighted by molar-refractivity contribution is 6.32. The van der Waals surface area contributed by atoms with E-state index in [2.05, 4.69) is 21.5 Å². The van der Waals surface area contributed by atoms with Crippen LogP contribution in [0.5, 0.6) is 5.75 Å². The van der Waals surface area contributed by atoms with E-state index in [1.165, 1.54) is 0 Å². The average Bonchev–Trinajstić information content (AvgIpc) is 3.73. The second-order valence-corrected chi connectivity index (χ2v) is 12.9. The predicted molar refractivity (Wildman–Crippen MR) is 193 cm³/mol. The lowest BCUT2D eigenvalue weighted by Gasteiger charge is -2.11. The summed E-state index contributed by atoms with van der Waals surface area (Å²) in [5.74, 6) is -0.526. The minimum absolute atomic E-state index is 0.164. The number of nitrogens with one attached hydrogen (secondary N) is 2. The number of carbonyl (C=O) groups excluding carboxylic acids is 1. The van der Waals surface area contributed by atoms with Crippen LogP contribution in [0.4, 0.5) is 0 Å². The van der Waals surface area contributed by atoms with E-state index in [1.54, 1.807) is 16.8 Å². The van der Waals surface area contributed by atoms with Crippen LogP contribution in [0.1, 0.15) is 66.6 Å². The van der Waals surface area contributed by atoms with Gasteiger partial charge < -0.3 is 24.7 Å². The van der Waals surface area contributed by atoms with Gasteiger partial charge in [0.25, 0.3) is 5.91 Å².